The number of hydrogen-bond donors (Lipinski definition) is 1. The van der Waals surface area contributed by atoms with E-state index in [1.165, 1.54) is 0 Å². The third-order valence-corrected chi connectivity index (χ3v) is 5.89. The summed E-state index contributed by atoms with van der Waals surface area (Å²) in [5, 5.41) is 12.1. The molecule has 0 bridgehead atoms. The Morgan fingerprint density at radius 2 is 1.71 bits per heavy atom. The van der Waals surface area contributed by atoms with Crippen LogP contribution in [0.4, 0.5) is 5.82 Å². The van der Waals surface area contributed by atoms with Crippen LogP contribution in [-0.2, 0) is 23.7 Å². The van der Waals surface area contributed by atoms with Crippen molar-refractivity contribution >= 4 is 22.6 Å². The third-order valence-electron chi connectivity index (χ3n) is 5.89. The molecule has 0 unspecified atom stereocenters. The first kappa shape index (κ1) is 22.5. The van der Waals surface area contributed by atoms with Crippen LogP contribution in [0.5, 0.6) is 0 Å². The van der Waals surface area contributed by atoms with E-state index in [2.05, 4.69) is 44.8 Å². The zero-order valence-electron chi connectivity index (χ0n) is 20.2. The summed E-state index contributed by atoms with van der Waals surface area (Å²) >= 11 is 0. The van der Waals surface area contributed by atoms with Crippen molar-refractivity contribution in [2.75, 3.05) is 5.32 Å². The summed E-state index contributed by atoms with van der Waals surface area (Å²) in [6.45, 7) is 6.10. The molecule has 176 valence electrons. The molecule has 5 rings (SSSR count). The second-order valence-corrected chi connectivity index (χ2v) is 9.78. The van der Waals surface area contributed by atoms with Crippen molar-refractivity contribution in [2.45, 2.75) is 32.6 Å². The van der Waals surface area contributed by atoms with Gasteiger partial charge in [0.1, 0.15) is 5.76 Å². The summed E-state index contributed by atoms with van der Waals surface area (Å²) in [5.74, 6) is 1.03. The lowest BCUT2D eigenvalue weighted by atomic mass is 9.93. The highest BCUT2D eigenvalue weighted by Gasteiger charge is 2.20. The Bertz CT molecular complexity index is 1510. The number of fused-ring (bicyclic) bond motifs is 1. The fourth-order valence-corrected chi connectivity index (χ4v) is 3.90. The van der Waals surface area contributed by atoms with E-state index in [0.717, 1.165) is 44.5 Å². The molecule has 0 radical (unpaired) electrons. The minimum Gasteiger partial charge on any atom is -0.359 e. The Hall–Kier alpha value is -4.26. The SMILES string of the molecule is Cn1cc(-c2ccc3cc(-c4ccc(CC(=O)Nc5cc(C(C)(C)C)on5)cc4)cnc3c2)cn1. The summed E-state index contributed by atoms with van der Waals surface area (Å²) in [6.07, 6.45) is 5.98. The van der Waals surface area contributed by atoms with Gasteiger partial charge in [-0.3, -0.25) is 14.5 Å². The Morgan fingerprint density at radius 1 is 0.943 bits per heavy atom. The zero-order valence-corrected chi connectivity index (χ0v) is 20.2. The zero-order chi connectivity index (χ0) is 24.6. The van der Waals surface area contributed by atoms with E-state index in [-0.39, 0.29) is 17.7 Å². The monoisotopic (exact) mass is 465 g/mol. The molecule has 7 nitrogen and oxygen atoms in total. The van der Waals surface area contributed by atoms with Gasteiger partial charge < -0.3 is 9.84 Å². The van der Waals surface area contributed by atoms with Crippen LogP contribution in [0.25, 0.3) is 33.2 Å². The molecular formula is C28H27N5O2. The van der Waals surface area contributed by atoms with Crippen molar-refractivity contribution in [3.63, 3.8) is 0 Å². The smallest absolute Gasteiger partial charge is 0.230 e. The van der Waals surface area contributed by atoms with Crippen molar-refractivity contribution in [3.05, 3.63) is 84.5 Å². The highest BCUT2D eigenvalue weighted by Crippen LogP contribution is 2.27. The number of pyridine rings is 1. The van der Waals surface area contributed by atoms with E-state index in [9.17, 15) is 4.79 Å². The van der Waals surface area contributed by atoms with Gasteiger partial charge in [0.05, 0.1) is 18.1 Å². The Balaban J connectivity index is 1.27. The van der Waals surface area contributed by atoms with Gasteiger partial charge in [0.15, 0.2) is 5.82 Å². The Labute approximate surface area is 203 Å². The van der Waals surface area contributed by atoms with Gasteiger partial charge in [-0.05, 0) is 28.8 Å². The molecule has 0 saturated heterocycles. The van der Waals surface area contributed by atoms with Crippen molar-refractivity contribution in [2.24, 2.45) is 7.05 Å². The summed E-state index contributed by atoms with van der Waals surface area (Å²) in [6, 6.07) is 18.1. The number of aryl methyl sites for hydroxylation is 1. The number of hydrogen-bond acceptors (Lipinski definition) is 5. The predicted molar refractivity (Wildman–Crippen MR) is 137 cm³/mol. The molecule has 0 saturated carbocycles. The summed E-state index contributed by atoms with van der Waals surface area (Å²) in [5.41, 5.74) is 5.93. The number of nitrogens with one attached hydrogen (secondary N) is 1. The molecule has 0 aliphatic carbocycles. The van der Waals surface area contributed by atoms with Crippen molar-refractivity contribution in [3.8, 4) is 22.3 Å². The van der Waals surface area contributed by atoms with Gasteiger partial charge >= 0.3 is 0 Å². The lowest BCUT2D eigenvalue weighted by molar-refractivity contribution is -0.115. The number of amides is 1. The topological polar surface area (TPSA) is 85.8 Å². The fourth-order valence-electron chi connectivity index (χ4n) is 3.90. The van der Waals surface area contributed by atoms with Crippen molar-refractivity contribution in [1.29, 1.82) is 0 Å². The second-order valence-electron chi connectivity index (χ2n) is 9.78. The fraction of sp³-hybridized carbons (Fsp3) is 0.214. The Kier molecular flexibility index (Phi) is 5.68. The first-order valence-corrected chi connectivity index (χ1v) is 11.5. The molecular weight excluding hydrogens is 438 g/mol. The minimum atomic E-state index is -0.162. The molecule has 0 fully saturated rings. The van der Waals surface area contributed by atoms with Crippen LogP contribution >= 0.6 is 0 Å². The van der Waals surface area contributed by atoms with Crippen LogP contribution in [0, 0.1) is 0 Å². The summed E-state index contributed by atoms with van der Waals surface area (Å²) in [4.78, 5) is 17.1. The average molecular weight is 466 g/mol. The van der Waals surface area contributed by atoms with E-state index < -0.39 is 0 Å². The molecule has 35 heavy (non-hydrogen) atoms. The van der Waals surface area contributed by atoms with Crippen LogP contribution < -0.4 is 5.32 Å². The van der Waals surface area contributed by atoms with Crippen molar-refractivity contribution in [1.82, 2.24) is 19.9 Å². The molecule has 7 heteroatoms. The molecule has 0 atom stereocenters. The van der Waals surface area contributed by atoms with Crippen LogP contribution in [0.1, 0.15) is 32.1 Å². The van der Waals surface area contributed by atoms with Crippen LogP contribution in [0.15, 0.2) is 77.7 Å². The number of benzene rings is 2. The number of nitrogens with zero attached hydrogens (tertiary/aromatic N) is 4. The lowest BCUT2D eigenvalue weighted by Gasteiger charge is -2.12. The second kappa shape index (κ2) is 8.83. The van der Waals surface area contributed by atoms with E-state index in [1.54, 1.807) is 10.7 Å². The van der Waals surface area contributed by atoms with Gasteiger partial charge in [-0.2, -0.15) is 5.10 Å². The molecule has 2 aromatic carbocycles. The maximum absolute atomic E-state index is 12.5. The van der Waals surface area contributed by atoms with Crippen LogP contribution in [0.2, 0.25) is 0 Å². The predicted octanol–water partition coefficient (Wildman–Crippen LogP) is 5.77. The van der Waals surface area contributed by atoms with Gasteiger partial charge in [0.2, 0.25) is 5.91 Å². The summed E-state index contributed by atoms with van der Waals surface area (Å²) < 4.78 is 7.12. The standard InChI is InChI=1S/C28H27N5O2/c1-28(2,3)25-14-26(32-35-25)31-27(34)11-18-5-7-19(8-6-18)22-12-21-10-9-20(13-24(21)29-15-22)23-16-30-33(4)17-23/h5-10,12-17H,11H2,1-4H3,(H,31,32,34). The van der Waals surface area contributed by atoms with Crippen LogP contribution in [0.3, 0.4) is 0 Å². The molecule has 0 aliphatic heterocycles. The third kappa shape index (κ3) is 4.99. The minimum absolute atomic E-state index is 0.136. The molecule has 0 aliphatic rings. The maximum Gasteiger partial charge on any atom is 0.230 e. The first-order chi connectivity index (χ1) is 16.7. The summed E-state index contributed by atoms with van der Waals surface area (Å²) in [7, 11) is 1.91. The largest absolute Gasteiger partial charge is 0.359 e. The molecule has 3 heterocycles. The van der Waals surface area contributed by atoms with E-state index in [1.807, 2.05) is 70.7 Å². The number of carbonyl (C=O) groups excluding carboxylic acids is 1. The van der Waals surface area contributed by atoms with Crippen molar-refractivity contribution < 1.29 is 9.32 Å². The quantitative estimate of drug-likeness (QED) is 0.356. The Morgan fingerprint density at radius 3 is 2.40 bits per heavy atom. The van der Waals surface area contributed by atoms with Gasteiger partial charge in [-0.1, -0.05) is 62.3 Å². The van der Waals surface area contributed by atoms with Gasteiger partial charge in [-0.25, -0.2) is 0 Å². The number of anilines is 1. The first-order valence-electron chi connectivity index (χ1n) is 11.5. The van der Waals surface area contributed by atoms with Gasteiger partial charge in [-0.15, -0.1) is 0 Å². The molecule has 1 amide bonds. The lowest BCUT2D eigenvalue weighted by Crippen LogP contribution is -2.14. The number of rotatable bonds is 5. The van der Waals surface area contributed by atoms with E-state index >= 15 is 0 Å². The number of carbonyl (C=O) groups is 1. The van der Waals surface area contributed by atoms with Crippen LogP contribution in [-0.4, -0.2) is 25.8 Å². The molecule has 0 spiro atoms. The van der Waals surface area contributed by atoms with E-state index in [0.29, 0.717) is 5.82 Å². The maximum atomic E-state index is 12.5. The average Bonchev–Trinajstić information content (AvgIpc) is 3.48. The van der Waals surface area contributed by atoms with E-state index in [4.69, 9.17) is 4.52 Å². The molecule has 3 aromatic heterocycles. The highest BCUT2D eigenvalue weighted by molar-refractivity contribution is 5.91. The normalized spacial score (nSPS) is 11.7. The molecule has 1 N–H and O–H groups in total. The molecule has 5 aromatic rings. The number of aromatic nitrogens is 4. The van der Waals surface area contributed by atoms with Gasteiger partial charge in [0, 0.05) is 47.4 Å². The van der Waals surface area contributed by atoms with Gasteiger partial charge in [0.25, 0.3) is 0 Å². The highest BCUT2D eigenvalue weighted by atomic mass is 16.5.